The fourth-order valence-corrected chi connectivity index (χ4v) is 1.32. The van der Waals surface area contributed by atoms with Crippen LogP contribution in [0.4, 0.5) is 17.2 Å². The van der Waals surface area contributed by atoms with Crippen LogP contribution in [0.2, 0.25) is 5.02 Å². The third-order valence-corrected chi connectivity index (χ3v) is 2.20. The van der Waals surface area contributed by atoms with Crippen LogP contribution in [-0.2, 0) is 0 Å². The lowest BCUT2D eigenvalue weighted by atomic mass is 10.3. The van der Waals surface area contributed by atoms with Crippen LogP contribution < -0.4 is 11.1 Å². The molecule has 0 bridgehead atoms. The Kier molecular flexibility index (Phi) is 2.74. The maximum Gasteiger partial charge on any atom is 0.153 e. The molecular formula is C11H10ClN3. The zero-order chi connectivity index (χ0) is 10.7. The number of rotatable bonds is 2. The van der Waals surface area contributed by atoms with Gasteiger partial charge >= 0.3 is 0 Å². The Balaban J connectivity index is 2.22. The van der Waals surface area contributed by atoms with Crippen molar-refractivity contribution in [2.24, 2.45) is 0 Å². The second-order valence-electron chi connectivity index (χ2n) is 3.07. The summed E-state index contributed by atoms with van der Waals surface area (Å²) in [5.41, 5.74) is 7.27. The highest BCUT2D eigenvalue weighted by atomic mass is 35.5. The summed E-state index contributed by atoms with van der Waals surface area (Å²) < 4.78 is 0. The van der Waals surface area contributed by atoms with Gasteiger partial charge in [-0.15, -0.1) is 0 Å². The molecule has 0 radical (unpaired) electrons. The summed E-state index contributed by atoms with van der Waals surface area (Å²) in [7, 11) is 0. The van der Waals surface area contributed by atoms with Gasteiger partial charge in [0.2, 0.25) is 0 Å². The third kappa shape index (κ3) is 2.39. The average Bonchev–Trinajstić information content (AvgIpc) is 2.25. The van der Waals surface area contributed by atoms with Gasteiger partial charge < -0.3 is 11.1 Å². The Bertz CT molecular complexity index is 454. The lowest BCUT2D eigenvalue weighted by Gasteiger charge is -2.07. The van der Waals surface area contributed by atoms with E-state index >= 15 is 0 Å². The van der Waals surface area contributed by atoms with Gasteiger partial charge in [-0.1, -0.05) is 11.6 Å². The number of halogens is 1. The van der Waals surface area contributed by atoms with Crippen LogP contribution in [0.3, 0.4) is 0 Å². The van der Waals surface area contributed by atoms with Crippen LogP contribution in [0.15, 0.2) is 42.6 Å². The molecule has 0 spiro atoms. The van der Waals surface area contributed by atoms with Crippen LogP contribution in [0.1, 0.15) is 0 Å². The standard InChI is InChI=1S/C11H10ClN3/c12-8-3-5-9(6-4-8)15-11-10(13)2-1-7-14-11/h1-7H,13H2,(H,14,15). The van der Waals surface area contributed by atoms with Crippen LogP contribution >= 0.6 is 11.6 Å². The van der Waals surface area contributed by atoms with Crippen molar-refractivity contribution in [3.8, 4) is 0 Å². The number of hydrogen-bond donors (Lipinski definition) is 2. The first-order valence-corrected chi connectivity index (χ1v) is 4.86. The van der Waals surface area contributed by atoms with E-state index in [4.69, 9.17) is 17.3 Å². The van der Waals surface area contributed by atoms with Crippen LogP contribution in [-0.4, -0.2) is 4.98 Å². The van der Waals surface area contributed by atoms with Crippen molar-refractivity contribution in [3.63, 3.8) is 0 Å². The molecule has 0 aliphatic rings. The van der Waals surface area contributed by atoms with Crippen molar-refractivity contribution in [2.75, 3.05) is 11.1 Å². The van der Waals surface area contributed by atoms with Crippen LogP contribution in [0.5, 0.6) is 0 Å². The van der Waals surface area contributed by atoms with Crippen LogP contribution in [0.25, 0.3) is 0 Å². The lowest BCUT2D eigenvalue weighted by Crippen LogP contribution is -1.97. The predicted octanol–water partition coefficient (Wildman–Crippen LogP) is 3.06. The second kappa shape index (κ2) is 4.19. The zero-order valence-corrected chi connectivity index (χ0v) is 8.70. The molecule has 0 saturated heterocycles. The monoisotopic (exact) mass is 219 g/mol. The lowest BCUT2D eigenvalue weighted by molar-refractivity contribution is 1.31. The molecule has 0 fully saturated rings. The van der Waals surface area contributed by atoms with E-state index in [1.165, 1.54) is 0 Å². The molecule has 0 amide bonds. The average molecular weight is 220 g/mol. The summed E-state index contributed by atoms with van der Waals surface area (Å²) >= 11 is 5.78. The smallest absolute Gasteiger partial charge is 0.153 e. The van der Waals surface area contributed by atoms with Crippen molar-refractivity contribution in [1.82, 2.24) is 4.98 Å². The van der Waals surface area contributed by atoms with E-state index in [0.717, 1.165) is 5.69 Å². The molecule has 2 rings (SSSR count). The summed E-state index contributed by atoms with van der Waals surface area (Å²) in [5.74, 6) is 0.653. The van der Waals surface area contributed by atoms with Gasteiger partial charge in [-0.05, 0) is 36.4 Å². The van der Waals surface area contributed by atoms with Gasteiger partial charge in [0.05, 0.1) is 5.69 Å². The number of benzene rings is 1. The number of aromatic nitrogens is 1. The molecule has 0 atom stereocenters. The van der Waals surface area contributed by atoms with E-state index in [0.29, 0.717) is 16.5 Å². The summed E-state index contributed by atoms with van der Waals surface area (Å²) in [4.78, 5) is 4.13. The summed E-state index contributed by atoms with van der Waals surface area (Å²) in [6.45, 7) is 0. The maximum absolute atomic E-state index is 5.78. The number of nitrogens with one attached hydrogen (secondary N) is 1. The van der Waals surface area contributed by atoms with Gasteiger partial charge in [0.25, 0.3) is 0 Å². The molecule has 15 heavy (non-hydrogen) atoms. The highest BCUT2D eigenvalue weighted by Crippen LogP contribution is 2.21. The largest absolute Gasteiger partial charge is 0.396 e. The van der Waals surface area contributed by atoms with E-state index in [-0.39, 0.29) is 0 Å². The number of anilines is 3. The molecule has 2 aromatic rings. The second-order valence-corrected chi connectivity index (χ2v) is 3.51. The molecule has 0 unspecified atom stereocenters. The number of nitrogen functional groups attached to an aromatic ring is 1. The van der Waals surface area contributed by atoms with Crippen molar-refractivity contribution >= 4 is 28.8 Å². The molecular weight excluding hydrogens is 210 g/mol. The molecule has 3 N–H and O–H groups in total. The quantitative estimate of drug-likeness (QED) is 0.816. The van der Waals surface area contributed by atoms with Crippen molar-refractivity contribution < 1.29 is 0 Å². The molecule has 3 nitrogen and oxygen atoms in total. The van der Waals surface area contributed by atoms with E-state index in [1.54, 1.807) is 18.3 Å². The topological polar surface area (TPSA) is 50.9 Å². The Morgan fingerprint density at radius 2 is 1.87 bits per heavy atom. The number of pyridine rings is 1. The summed E-state index contributed by atoms with van der Waals surface area (Å²) in [6.07, 6.45) is 1.69. The van der Waals surface area contributed by atoms with Crippen molar-refractivity contribution in [2.45, 2.75) is 0 Å². The first-order valence-electron chi connectivity index (χ1n) is 4.49. The van der Waals surface area contributed by atoms with Crippen molar-refractivity contribution in [3.05, 3.63) is 47.6 Å². The minimum atomic E-state index is 0.618. The molecule has 1 heterocycles. The molecule has 0 aliphatic heterocycles. The fourth-order valence-electron chi connectivity index (χ4n) is 1.19. The predicted molar refractivity (Wildman–Crippen MR) is 63.4 cm³/mol. The van der Waals surface area contributed by atoms with Gasteiger partial charge in [0, 0.05) is 16.9 Å². The Morgan fingerprint density at radius 3 is 2.53 bits per heavy atom. The van der Waals surface area contributed by atoms with E-state index in [9.17, 15) is 0 Å². The van der Waals surface area contributed by atoms with Gasteiger partial charge in [0.15, 0.2) is 5.82 Å². The molecule has 0 saturated carbocycles. The number of nitrogens with zero attached hydrogens (tertiary/aromatic N) is 1. The molecule has 4 heteroatoms. The first kappa shape index (κ1) is 9.80. The van der Waals surface area contributed by atoms with Gasteiger partial charge in [-0.25, -0.2) is 4.98 Å². The minimum absolute atomic E-state index is 0.618. The normalized spacial score (nSPS) is 9.93. The minimum Gasteiger partial charge on any atom is -0.396 e. The Hall–Kier alpha value is -1.74. The highest BCUT2D eigenvalue weighted by molar-refractivity contribution is 6.30. The number of hydrogen-bond acceptors (Lipinski definition) is 3. The van der Waals surface area contributed by atoms with E-state index in [2.05, 4.69) is 10.3 Å². The van der Waals surface area contributed by atoms with Gasteiger partial charge in [0.1, 0.15) is 0 Å². The number of nitrogens with two attached hydrogens (primary N) is 1. The Morgan fingerprint density at radius 1 is 1.13 bits per heavy atom. The Labute approximate surface area is 92.9 Å². The SMILES string of the molecule is Nc1cccnc1Nc1ccc(Cl)cc1. The van der Waals surface area contributed by atoms with E-state index < -0.39 is 0 Å². The first-order chi connectivity index (χ1) is 7.25. The van der Waals surface area contributed by atoms with Gasteiger partial charge in [-0.2, -0.15) is 0 Å². The molecule has 0 aliphatic carbocycles. The highest BCUT2D eigenvalue weighted by Gasteiger charge is 1.99. The fraction of sp³-hybridized carbons (Fsp3) is 0. The zero-order valence-electron chi connectivity index (χ0n) is 7.94. The van der Waals surface area contributed by atoms with Crippen molar-refractivity contribution in [1.29, 1.82) is 0 Å². The molecule has 76 valence electrons. The van der Waals surface area contributed by atoms with Crippen LogP contribution in [0, 0.1) is 0 Å². The maximum atomic E-state index is 5.78. The van der Waals surface area contributed by atoms with Gasteiger partial charge in [-0.3, -0.25) is 0 Å². The molecule has 1 aromatic heterocycles. The molecule has 1 aromatic carbocycles. The summed E-state index contributed by atoms with van der Waals surface area (Å²) in [6, 6.07) is 11.0. The third-order valence-electron chi connectivity index (χ3n) is 1.95. The van der Waals surface area contributed by atoms with E-state index in [1.807, 2.05) is 24.3 Å². The summed E-state index contributed by atoms with van der Waals surface area (Å²) in [5, 5.41) is 3.81.